The quantitative estimate of drug-likeness (QED) is 0.601. The first-order valence-electron chi connectivity index (χ1n) is 5.97. The Kier molecular flexibility index (Phi) is 6.67. The lowest BCUT2D eigenvalue weighted by molar-refractivity contribution is 0.367. The van der Waals surface area contributed by atoms with Gasteiger partial charge in [-0.15, -0.1) is 0 Å². The summed E-state index contributed by atoms with van der Waals surface area (Å²) in [6.07, 6.45) is 3.78. The van der Waals surface area contributed by atoms with Gasteiger partial charge in [0.05, 0.1) is 0 Å². The summed E-state index contributed by atoms with van der Waals surface area (Å²) >= 11 is 7.18. The molecule has 1 rings (SSSR count). The van der Waals surface area contributed by atoms with Gasteiger partial charge in [0.25, 0.3) is 0 Å². The third kappa shape index (κ3) is 4.58. The molecule has 1 aromatic carbocycles. The van der Waals surface area contributed by atoms with Crippen LogP contribution in [0.4, 0.5) is 0 Å². The largest absolute Gasteiger partial charge is 0.0925 e. The lowest BCUT2D eigenvalue weighted by atomic mass is 9.87. The van der Waals surface area contributed by atoms with Crippen molar-refractivity contribution in [1.82, 2.24) is 0 Å². The van der Waals surface area contributed by atoms with Crippen LogP contribution < -0.4 is 0 Å². The first-order valence-corrected chi connectivity index (χ1v) is 7.89. The standard InChI is InChI=1S/C14H20Br2/c1-3-5-11(2)13(10-15)8-12-6-4-7-14(16)9-12/h4,6-7,9,11,13H,3,5,8,10H2,1-2H3. The van der Waals surface area contributed by atoms with Gasteiger partial charge in [-0.2, -0.15) is 0 Å². The fourth-order valence-corrected chi connectivity index (χ4v) is 3.38. The highest BCUT2D eigenvalue weighted by molar-refractivity contribution is 9.10. The van der Waals surface area contributed by atoms with Gasteiger partial charge < -0.3 is 0 Å². The molecule has 0 aliphatic carbocycles. The van der Waals surface area contributed by atoms with E-state index in [9.17, 15) is 0 Å². The Labute approximate surface area is 116 Å². The number of halogens is 2. The molecule has 0 N–H and O–H groups in total. The summed E-state index contributed by atoms with van der Waals surface area (Å²) in [4.78, 5) is 0. The highest BCUT2D eigenvalue weighted by Gasteiger charge is 2.15. The van der Waals surface area contributed by atoms with Crippen LogP contribution in [0.2, 0.25) is 0 Å². The van der Waals surface area contributed by atoms with Gasteiger partial charge in [0.1, 0.15) is 0 Å². The highest BCUT2D eigenvalue weighted by Crippen LogP contribution is 2.24. The summed E-state index contributed by atoms with van der Waals surface area (Å²) in [5.74, 6) is 1.54. The van der Waals surface area contributed by atoms with E-state index in [1.807, 2.05) is 0 Å². The van der Waals surface area contributed by atoms with Gasteiger partial charge in [-0.25, -0.2) is 0 Å². The Morgan fingerprint density at radius 3 is 2.62 bits per heavy atom. The molecule has 2 unspecified atom stereocenters. The van der Waals surface area contributed by atoms with E-state index in [1.54, 1.807) is 0 Å². The third-order valence-corrected chi connectivity index (χ3v) is 4.46. The van der Waals surface area contributed by atoms with Crippen molar-refractivity contribution in [3.8, 4) is 0 Å². The minimum atomic E-state index is 0.745. The maximum Gasteiger partial charge on any atom is 0.0177 e. The maximum absolute atomic E-state index is 3.65. The van der Waals surface area contributed by atoms with E-state index < -0.39 is 0 Å². The molecule has 16 heavy (non-hydrogen) atoms. The number of benzene rings is 1. The third-order valence-electron chi connectivity index (χ3n) is 3.13. The number of hydrogen-bond acceptors (Lipinski definition) is 0. The fraction of sp³-hybridized carbons (Fsp3) is 0.571. The molecule has 0 heterocycles. The molecule has 0 aliphatic heterocycles. The minimum absolute atomic E-state index is 0.745. The van der Waals surface area contributed by atoms with Crippen LogP contribution in [-0.2, 0) is 6.42 Å². The van der Waals surface area contributed by atoms with Crippen LogP contribution in [-0.4, -0.2) is 5.33 Å². The molecule has 0 fully saturated rings. The van der Waals surface area contributed by atoms with Gasteiger partial charge in [0, 0.05) is 9.80 Å². The molecule has 2 atom stereocenters. The van der Waals surface area contributed by atoms with Crippen LogP contribution in [0.25, 0.3) is 0 Å². The zero-order valence-electron chi connectivity index (χ0n) is 10.0. The summed E-state index contributed by atoms with van der Waals surface area (Å²) in [6, 6.07) is 8.66. The van der Waals surface area contributed by atoms with Crippen LogP contribution >= 0.6 is 31.9 Å². The maximum atomic E-state index is 3.65. The molecule has 0 nitrogen and oxygen atoms in total. The Hall–Kier alpha value is 0.180. The molecule has 0 radical (unpaired) electrons. The summed E-state index contributed by atoms with van der Waals surface area (Å²) in [7, 11) is 0. The van der Waals surface area contributed by atoms with E-state index in [0.717, 1.165) is 17.2 Å². The highest BCUT2D eigenvalue weighted by atomic mass is 79.9. The first-order chi connectivity index (χ1) is 7.67. The summed E-state index contributed by atoms with van der Waals surface area (Å²) < 4.78 is 1.18. The number of alkyl halides is 1. The molecule has 90 valence electrons. The molecule has 0 aromatic heterocycles. The van der Waals surface area contributed by atoms with Crippen molar-refractivity contribution < 1.29 is 0 Å². The van der Waals surface area contributed by atoms with Gasteiger partial charge in [0.15, 0.2) is 0 Å². The predicted octanol–water partition coefficient (Wildman–Crippen LogP) is 5.44. The van der Waals surface area contributed by atoms with Crippen LogP contribution in [0, 0.1) is 11.8 Å². The van der Waals surface area contributed by atoms with E-state index in [-0.39, 0.29) is 0 Å². The van der Waals surface area contributed by atoms with Crippen molar-refractivity contribution >= 4 is 31.9 Å². The van der Waals surface area contributed by atoms with Gasteiger partial charge in [-0.3, -0.25) is 0 Å². The van der Waals surface area contributed by atoms with Crippen molar-refractivity contribution in [3.63, 3.8) is 0 Å². The second kappa shape index (κ2) is 7.50. The molecule has 2 heteroatoms. The molecule has 0 spiro atoms. The summed E-state index contributed by atoms with van der Waals surface area (Å²) in [5.41, 5.74) is 1.43. The molecule has 0 saturated carbocycles. The second-order valence-corrected chi connectivity index (χ2v) is 6.08. The summed E-state index contributed by atoms with van der Waals surface area (Å²) in [6.45, 7) is 4.63. The van der Waals surface area contributed by atoms with E-state index >= 15 is 0 Å². The second-order valence-electron chi connectivity index (χ2n) is 4.51. The van der Waals surface area contributed by atoms with Crippen LogP contribution in [0.15, 0.2) is 28.7 Å². The zero-order valence-corrected chi connectivity index (χ0v) is 13.2. The molecular weight excluding hydrogens is 328 g/mol. The van der Waals surface area contributed by atoms with Gasteiger partial charge in [-0.05, 0) is 36.0 Å². The topological polar surface area (TPSA) is 0 Å². The Morgan fingerprint density at radius 2 is 2.06 bits per heavy atom. The molecule has 0 aliphatic rings. The lowest BCUT2D eigenvalue weighted by Crippen LogP contribution is -2.16. The van der Waals surface area contributed by atoms with Crippen LogP contribution in [0.5, 0.6) is 0 Å². The molecule has 0 bridgehead atoms. The van der Waals surface area contributed by atoms with Crippen LogP contribution in [0.1, 0.15) is 32.3 Å². The molecule has 0 amide bonds. The van der Waals surface area contributed by atoms with Crippen molar-refractivity contribution in [2.24, 2.45) is 11.8 Å². The van der Waals surface area contributed by atoms with Crippen molar-refractivity contribution in [1.29, 1.82) is 0 Å². The smallest absolute Gasteiger partial charge is 0.0177 e. The van der Waals surface area contributed by atoms with Crippen LogP contribution in [0.3, 0.4) is 0 Å². The van der Waals surface area contributed by atoms with Crippen molar-refractivity contribution in [2.75, 3.05) is 5.33 Å². The molecule has 0 saturated heterocycles. The van der Waals surface area contributed by atoms with Crippen molar-refractivity contribution in [2.45, 2.75) is 33.1 Å². The minimum Gasteiger partial charge on any atom is -0.0925 e. The Balaban J connectivity index is 2.62. The normalized spacial score (nSPS) is 14.8. The number of rotatable bonds is 6. The average molecular weight is 348 g/mol. The van der Waals surface area contributed by atoms with Gasteiger partial charge in [-0.1, -0.05) is 70.7 Å². The zero-order chi connectivity index (χ0) is 12.0. The lowest BCUT2D eigenvalue weighted by Gasteiger charge is -2.21. The van der Waals surface area contributed by atoms with E-state index in [4.69, 9.17) is 0 Å². The van der Waals surface area contributed by atoms with E-state index in [0.29, 0.717) is 0 Å². The fourth-order valence-electron chi connectivity index (χ4n) is 2.07. The Bertz CT molecular complexity index is 309. The molecule has 1 aromatic rings. The Morgan fingerprint density at radius 1 is 1.31 bits per heavy atom. The van der Waals surface area contributed by atoms with Gasteiger partial charge >= 0.3 is 0 Å². The SMILES string of the molecule is CCCC(C)C(CBr)Cc1cccc(Br)c1. The van der Waals surface area contributed by atoms with E-state index in [1.165, 1.54) is 29.3 Å². The monoisotopic (exact) mass is 346 g/mol. The molecular formula is C14H20Br2. The first kappa shape index (κ1) is 14.2. The average Bonchev–Trinajstić information content (AvgIpc) is 2.26. The number of hydrogen-bond donors (Lipinski definition) is 0. The van der Waals surface area contributed by atoms with Crippen molar-refractivity contribution in [3.05, 3.63) is 34.3 Å². The predicted molar refractivity (Wildman–Crippen MR) is 79.2 cm³/mol. The van der Waals surface area contributed by atoms with E-state index in [2.05, 4.69) is 70.0 Å². The van der Waals surface area contributed by atoms with Gasteiger partial charge in [0.2, 0.25) is 0 Å². The summed E-state index contributed by atoms with van der Waals surface area (Å²) in [5, 5.41) is 1.10.